The molecular weight excluding hydrogens is 186 g/mol. The molecule has 2 aromatic rings. The van der Waals surface area contributed by atoms with Gasteiger partial charge in [0.15, 0.2) is 0 Å². The van der Waals surface area contributed by atoms with Crippen LogP contribution in [0.15, 0.2) is 36.7 Å². The zero-order valence-electron chi connectivity index (χ0n) is 9.07. The van der Waals surface area contributed by atoms with Crippen molar-refractivity contribution in [1.29, 1.82) is 0 Å². The Morgan fingerprint density at radius 2 is 2.00 bits per heavy atom. The van der Waals surface area contributed by atoms with E-state index in [9.17, 15) is 0 Å². The van der Waals surface area contributed by atoms with Crippen LogP contribution in [0.4, 0.5) is 0 Å². The van der Waals surface area contributed by atoms with Gasteiger partial charge < -0.3 is 9.88 Å². The summed E-state index contributed by atoms with van der Waals surface area (Å²) in [5, 5.41) is 3.16. The maximum atomic E-state index is 4.43. The van der Waals surface area contributed by atoms with E-state index >= 15 is 0 Å². The molecule has 1 aromatic carbocycles. The Bertz CT molecular complexity index is 431. The van der Waals surface area contributed by atoms with Crippen molar-refractivity contribution in [2.45, 2.75) is 6.54 Å². The minimum absolute atomic E-state index is 0.834. The first-order valence-electron chi connectivity index (χ1n) is 5.03. The summed E-state index contributed by atoms with van der Waals surface area (Å²) in [6.45, 7) is 0.834. The molecule has 0 fully saturated rings. The highest BCUT2D eigenvalue weighted by atomic mass is 15.1. The number of nitrogens with one attached hydrogen (secondary N) is 1. The van der Waals surface area contributed by atoms with Crippen molar-refractivity contribution >= 4 is 0 Å². The van der Waals surface area contributed by atoms with Gasteiger partial charge in [-0.25, -0.2) is 4.98 Å². The monoisotopic (exact) mass is 201 g/mol. The summed E-state index contributed by atoms with van der Waals surface area (Å²) in [6.07, 6.45) is 1.86. The number of hydrogen-bond acceptors (Lipinski definition) is 2. The number of imidazole rings is 1. The first-order valence-corrected chi connectivity index (χ1v) is 5.03. The molecule has 1 N–H and O–H groups in total. The topological polar surface area (TPSA) is 29.9 Å². The summed E-state index contributed by atoms with van der Waals surface area (Å²) >= 11 is 0. The molecular formula is C12H15N3. The van der Waals surface area contributed by atoms with E-state index in [2.05, 4.69) is 27.0 Å². The fourth-order valence-corrected chi connectivity index (χ4v) is 1.67. The second-order valence-electron chi connectivity index (χ2n) is 3.55. The van der Waals surface area contributed by atoms with E-state index < -0.39 is 0 Å². The highest BCUT2D eigenvalue weighted by Gasteiger charge is 2.09. The van der Waals surface area contributed by atoms with E-state index in [-0.39, 0.29) is 0 Å². The maximum Gasteiger partial charge on any atom is 0.0953 e. The molecule has 0 aliphatic rings. The predicted molar refractivity (Wildman–Crippen MR) is 61.4 cm³/mol. The smallest absolute Gasteiger partial charge is 0.0953 e. The quantitative estimate of drug-likeness (QED) is 0.820. The van der Waals surface area contributed by atoms with Crippen molar-refractivity contribution in [1.82, 2.24) is 14.9 Å². The molecule has 0 bridgehead atoms. The van der Waals surface area contributed by atoms with Gasteiger partial charge in [-0.2, -0.15) is 0 Å². The minimum atomic E-state index is 0.834. The number of nitrogens with zero attached hydrogens (tertiary/aromatic N) is 2. The lowest BCUT2D eigenvalue weighted by molar-refractivity contribution is 0.735. The second kappa shape index (κ2) is 4.28. The van der Waals surface area contributed by atoms with Gasteiger partial charge in [-0.15, -0.1) is 0 Å². The first kappa shape index (κ1) is 9.93. The van der Waals surface area contributed by atoms with Crippen LogP contribution in [0, 0.1) is 0 Å². The molecule has 78 valence electrons. The Balaban J connectivity index is 2.44. The molecule has 0 spiro atoms. The van der Waals surface area contributed by atoms with Crippen molar-refractivity contribution in [2.24, 2.45) is 7.05 Å². The Labute approximate surface area is 89.8 Å². The van der Waals surface area contributed by atoms with E-state index in [1.807, 2.05) is 38.6 Å². The third-order valence-electron chi connectivity index (χ3n) is 2.45. The standard InChI is InChI=1S/C12H15N3/c1-13-8-11-12(14-9-15(11)2)10-6-4-3-5-7-10/h3-7,9,13H,8H2,1-2H3. The second-order valence-corrected chi connectivity index (χ2v) is 3.55. The van der Waals surface area contributed by atoms with Crippen molar-refractivity contribution in [3.8, 4) is 11.3 Å². The van der Waals surface area contributed by atoms with Crippen LogP contribution in [0.1, 0.15) is 5.69 Å². The Hall–Kier alpha value is -1.61. The summed E-state index contributed by atoms with van der Waals surface area (Å²) in [7, 11) is 3.97. The van der Waals surface area contributed by atoms with Crippen LogP contribution in [0.2, 0.25) is 0 Å². The molecule has 0 saturated heterocycles. The Morgan fingerprint density at radius 3 is 2.67 bits per heavy atom. The third kappa shape index (κ3) is 1.92. The lowest BCUT2D eigenvalue weighted by Gasteiger charge is -2.05. The van der Waals surface area contributed by atoms with Gasteiger partial charge in [0, 0.05) is 19.2 Å². The molecule has 0 unspecified atom stereocenters. The van der Waals surface area contributed by atoms with Gasteiger partial charge in [-0.3, -0.25) is 0 Å². The number of hydrogen-bond donors (Lipinski definition) is 1. The van der Waals surface area contributed by atoms with Crippen molar-refractivity contribution in [3.63, 3.8) is 0 Å². The average Bonchev–Trinajstić information content (AvgIpc) is 2.63. The van der Waals surface area contributed by atoms with Gasteiger partial charge in [0.1, 0.15) is 0 Å². The Morgan fingerprint density at radius 1 is 1.27 bits per heavy atom. The van der Waals surface area contributed by atoms with Crippen LogP contribution < -0.4 is 5.32 Å². The number of aryl methyl sites for hydroxylation is 1. The van der Waals surface area contributed by atoms with Gasteiger partial charge in [0.2, 0.25) is 0 Å². The molecule has 1 heterocycles. The van der Waals surface area contributed by atoms with Crippen LogP contribution >= 0.6 is 0 Å². The lowest BCUT2D eigenvalue weighted by Crippen LogP contribution is -2.09. The molecule has 2 rings (SSSR count). The zero-order valence-corrected chi connectivity index (χ0v) is 9.07. The molecule has 0 radical (unpaired) electrons. The SMILES string of the molecule is CNCc1c(-c2ccccc2)ncn1C. The molecule has 0 saturated carbocycles. The Kier molecular flexibility index (Phi) is 2.83. The summed E-state index contributed by atoms with van der Waals surface area (Å²) < 4.78 is 2.05. The van der Waals surface area contributed by atoms with E-state index in [0.29, 0.717) is 0 Å². The normalized spacial score (nSPS) is 10.5. The molecule has 0 aliphatic heterocycles. The molecule has 1 aromatic heterocycles. The van der Waals surface area contributed by atoms with Gasteiger partial charge in [0.05, 0.1) is 17.7 Å². The summed E-state index contributed by atoms with van der Waals surface area (Å²) in [5.41, 5.74) is 3.44. The van der Waals surface area contributed by atoms with E-state index in [4.69, 9.17) is 0 Å². The average molecular weight is 201 g/mol. The summed E-state index contributed by atoms with van der Waals surface area (Å²) in [6, 6.07) is 10.3. The van der Waals surface area contributed by atoms with E-state index in [1.54, 1.807) is 0 Å². The molecule has 15 heavy (non-hydrogen) atoms. The highest BCUT2D eigenvalue weighted by molar-refractivity contribution is 5.61. The summed E-state index contributed by atoms with van der Waals surface area (Å²) in [5.74, 6) is 0. The van der Waals surface area contributed by atoms with Gasteiger partial charge in [-0.05, 0) is 7.05 Å². The molecule has 0 aliphatic carbocycles. The highest BCUT2D eigenvalue weighted by Crippen LogP contribution is 2.20. The zero-order chi connectivity index (χ0) is 10.7. The number of benzene rings is 1. The van der Waals surface area contributed by atoms with Gasteiger partial charge in [0.25, 0.3) is 0 Å². The predicted octanol–water partition coefficient (Wildman–Crippen LogP) is 1.81. The molecule has 0 amide bonds. The third-order valence-corrected chi connectivity index (χ3v) is 2.45. The van der Waals surface area contributed by atoms with Gasteiger partial charge in [-0.1, -0.05) is 30.3 Å². The molecule has 3 heteroatoms. The van der Waals surface area contributed by atoms with Crippen molar-refractivity contribution in [2.75, 3.05) is 7.05 Å². The molecule has 3 nitrogen and oxygen atoms in total. The fraction of sp³-hybridized carbons (Fsp3) is 0.250. The van der Waals surface area contributed by atoms with Gasteiger partial charge >= 0.3 is 0 Å². The van der Waals surface area contributed by atoms with Crippen LogP contribution in [0.3, 0.4) is 0 Å². The largest absolute Gasteiger partial charge is 0.336 e. The number of rotatable bonds is 3. The molecule has 0 atom stereocenters. The van der Waals surface area contributed by atoms with Crippen LogP contribution in [0.5, 0.6) is 0 Å². The van der Waals surface area contributed by atoms with Crippen molar-refractivity contribution in [3.05, 3.63) is 42.4 Å². The lowest BCUT2D eigenvalue weighted by atomic mass is 10.1. The number of aromatic nitrogens is 2. The van der Waals surface area contributed by atoms with Crippen LogP contribution in [-0.2, 0) is 13.6 Å². The van der Waals surface area contributed by atoms with Crippen LogP contribution in [-0.4, -0.2) is 16.6 Å². The van der Waals surface area contributed by atoms with Crippen molar-refractivity contribution < 1.29 is 0 Å². The maximum absolute atomic E-state index is 4.43. The summed E-state index contributed by atoms with van der Waals surface area (Å²) in [4.78, 5) is 4.43. The van der Waals surface area contributed by atoms with E-state index in [0.717, 1.165) is 12.2 Å². The first-order chi connectivity index (χ1) is 7.33. The minimum Gasteiger partial charge on any atom is -0.336 e. The van der Waals surface area contributed by atoms with Crippen LogP contribution in [0.25, 0.3) is 11.3 Å². The fourth-order valence-electron chi connectivity index (χ4n) is 1.67. The van der Waals surface area contributed by atoms with E-state index in [1.165, 1.54) is 11.3 Å².